The summed E-state index contributed by atoms with van der Waals surface area (Å²) in [7, 11) is -3.50. The van der Waals surface area contributed by atoms with Gasteiger partial charge in [0.05, 0.1) is 21.3 Å². The predicted molar refractivity (Wildman–Crippen MR) is 138 cm³/mol. The minimum absolute atomic E-state index is 0.165. The molecule has 34 heavy (non-hydrogen) atoms. The number of piperidine rings is 1. The minimum Gasteiger partial charge on any atom is -0.370 e. The number of hydrogen-bond donors (Lipinski definition) is 1. The van der Waals surface area contributed by atoms with E-state index in [9.17, 15) is 8.42 Å². The number of rotatable bonds is 6. The molecule has 0 radical (unpaired) electrons. The topological polar surface area (TPSA) is 79.6 Å². The van der Waals surface area contributed by atoms with Gasteiger partial charge in [0.15, 0.2) is 5.65 Å². The second kappa shape index (κ2) is 9.65. The van der Waals surface area contributed by atoms with Gasteiger partial charge in [-0.25, -0.2) is 13.4 Å². The molecule has 176 valence electrons. The summed E-state index contributed by atoms with van der Waals surface area (Å²) in [6, 6.07) is 18.1. The van der Waals surface area contributed by atoms with Crippen LogP contribution in [-0.4, -0.2) is 47.0 Å². The van der Waals surface area contributed by atoms with Crippen LogP contribution in [-0.2, 0) is 10.0 Å². The Bertz CT molecular complexity index is 1430. The maximum Gasteiger partial charge on any atom is 0.243 e. The lowest BCUT2D eigenvalue weighted by molar-refractivity contribution is 0.275. The fourth-order valence-corrected chi connectivity index (χ4v) is 6.43. The number of nitrogens with zero attached hydrogens (tertiary/aromatic N) is 4. The van der Waals surface area contributed by atoms with E-state index in [1.165, 1.54) is 0 Å². The van der Waals surface area contributed by atoms with Crippen molar-refractivity contribution < 1.29 is 8.42 Å². The van der Waals surface area contributed by atoms with Crippen molar-refractivity contribution in [2.75, 3.05) is 25.0 Å². The molecule has 2 aromatic carbocycles. The van der Waals surface area contributed by atoms with Gasteiger partial charge in [0, 0.05) is 36.3 Å². The second-order valence-electron chi connectivity index (χ2n) is 8.30. The van der Waals surface area contributed by atoms with E-state index in [0.717, 1.165) is 34.4 Å². The Kier molecular flexibility index (Phi) is 6.61. The Morgan fingerprint density at radius 2 is 1.88 bits per heavy atom. The van der Waals surface area contributed by atoms with Gasteiger partial charge in [-0.15, -0.1) is 0 Å². The molecular formula is C24H23BrClN5O2S. The molecule has 0 spiro atoms. The molecular weight excluding hydrogens is 538 g/mol. The van der Waals surface area contributed by atoms with Crippen molar-refractivity contribution in [3.63, 3.8) is 0 Å². The van der Waals surface area contributed by atoms with Gasteiger partial charge in [0.2, 0.25) is 10.0 Å². The van der Waals surface area contributed by atoms with Crippen LogP contribution >= 0.6 is 27.5 Å². The van der Waals surface area contributed by atoms with Crippen LogP contribution in [0.1, 0.15) is 12.8 Å². The summed E-state index contributed by atoms with van der Waals surface area (Å²) >= 11 is 9.95. The van der Waals surface area contributed by atoms with E-state index in [1.54, 1.807) is 39.3 Å². The van der Waals surface area contributed by atoms with Crippen LogP contribution in [0.4, 0.5) is 5.82 Å². The fourth-order valence-electron chi connectivity index (χ4n) is 4.27. The zero-order valence-electron chi connectivity index (χ0n) is 18.2. The maximum atomic E-state index is 13.1. The van der Waals surface area contributed by atoms with Crippen LogP contribution in [0.5, 0.6) is 0 Å². The minimum atomic E-state index is -3.50. The van der Waals surface area contributed by atoms with Crippen molar-refractivity contribution in [2.24, 2.45) is 5.92 Å². The van der Waals surface area contributed by atoms with Crippen LogP contribution in [0.15, 0.2) is 76.2 Å². The van der Waals surface area contributed by atoms with Crippen LogP contribution in [0, 0.1) is 5.92 Å². The molecule has 0 aliphatic carbocycles. The summed E-state index contributed by atoms with van der Waals surface area (Å²) in [5, 5.41) is 8.55. The third-order valence-corrected chi connectivity index (χ3v) is 8.78. The fraction of sp³-hybridized carbons (Fsp3) is 0.250. The van der Waals surface area contributed by atoms with Crippen molar-refractivity contribution in [1.29, 1.82) is 0 Å². The van der Waals surface area contributed by atoms with E-state index in [4.69, 9.17) is 16.6 Å². The third-order valence-electron chi connectivity index (χ3n) is 6.01. The molecule has 0 amide bonds. The molecule has 0 saturated carbocycles. The predicted octanol–water partition coefficient (Wildman–Crippen LogP) is 5.33. The zero-order valence-corrected chi connectivity index (χ0v) is 21.4. The molecule has 1 atom stereocenters. The van der Waals surface area contributed by atoms with Gasteiger partial charge in [0.1, 0.15) is 5.82 Å². The van der Waals surface area contributed by atoms with E-state index in [2.05, 4.69) is 26.3 Å². The number of aromatic nitrogens is 3. The Morgan fingerprint density at radius 3 is 2.68 bits per heavy atom. The van der Waals surface area contributed by atoms with Crippen molar-refractivity contribution in [3.05, 3.63) is 76.4 Å². The average molecular weight is 561 g/mol. The lowest BCUT2D eigenvalue weighted by Crippen LogP contribution is -2.41. The van der Waals surface area contributed by atoms with Crippen molar-refractivity contribution >= 4 is 49.0 Å². The van der Waals surface area contributed by atoms with Crippen LogP contribution < -0.4 is 5.32 Å². The smallest absolute Gasteiger partial charge is 0.243 e. The van der Waals surface area contributed by atoms with E-state index >= 15 is 0 Å². The Labute approximate surface area is 211 Å². The highest BCUT2D eigenvalue weighted by molar-refractivity contribution is 9.10. The molecule has 2 aromatic heterocycles. The molecule has 3 heterocycles. The van der Waals surface area contributed by atoms with Gasteiger partial charge in [-0.05, 0) is 52.9 Å². The largest absolute Gasteiger partial charge is 0.370 e. The number of anilines is 1. The number of hydrogen-bond acceptors (Lipinski definition) is 5. The quantitative estimate of drug-likeness (QED) is 0.345. The first-order valence-corrected chi connectivity index (χ1v) is 13.6. The number of nitrogens with one attached hydrogen (secondary N) is 1. The normalized spacial score (nSPS) is 17.2. The average Bonchev–Trinajstić information content (AvgIpc) is 3.24. The monoisotopic (exact) mass is 559 g/mol. The number of fused-ring (bicyclic) bond motifs is 1. The maximum absolute atomic E-state index is 13.1. The molecule has 1 fully saturated rings. The van der Waals surface area contributed by atoms with Gasteiger partial charge >= 0.3 is 0 Å². The van der Waals surface area contributed by atoms with Crippen LogP contribution in [0.2, 0.25) is 5.02 Å². The van der Waals surface area contributed by atoms with E-state index in [-0.39, 0.29) is 5.92 Å². The van der Waals surface area contributed by atoms with Crippen LogP contribution in [0.3, 0.4) is 0 Å². The zero-order chi connectivity index (χ0) is 23.7. The number of halogens is 2. The Hall–Kier alpha value is -2.46. The summed E-state index contributed by atoms with van der Waals surface area (Å²) in [5.74, 6) is 0.937. The van der Waals surface area contributed by atoms with Crippen molar-refractivity contribution in [2.45, 2.75) is 17.7 Å². The molecule has 1 aliphatic heterocycles. The van der Waals surface area contributed by atoms with Crippen molar-refractivity contribution in [1.82, 2.24) is 18.9 Å². The van der Waals surface area contributed by atoms with E-state index in [0.29, 0.717) is 35.2 Å². The standard InChI is InChI=1S/C24H23BrClN5O2S/c25-20-15-28-31-23(13-22(29-24(20)31)19-10-4-5-11-21(19)26)27-14-17-7-6-12-30(16-17)34(32,33)18-8-2-1-3-9-18/h1-5,8-11,13,15,17,27H,6-7,12,14,16H2. The molecule has 1 aliphatic rings. The highest BCUT2D eigenvalue weighted by Gasteiger charge is 2.30. The van der Waals surface area contributed by atoms with Crippen molar-refractivity contribution in [3.8, 4) is 11.3 Å². The Balaban J connectivity index is 1.38. The SMILES string of the molecule is O=S(=O)(c1ccccc1)N1CCCC(CNc2cc(-c3ccccc3Cl)nc3c(Br)cnn23)C1. The van der Waals surface area contributed by atoms with Gasteiger partial charge < -0.3 is 5.32 Å². The second-order valence-corrected chi connectivity index (χ2v) is 11.5. The van der Waals surface area contributed by atoms with Gasteiger partial charge in [-0.2, -0.15) is 13.9 Å². The highest BCUT2D eigenvalue weighted by atomic mass is 79.9. The third kappa shape index (κ3) is 4.57. The molecule has 1 saturated heterocycles. The summed E-state index contributed by atoms with van der Waals surface area (Å²) in [4.78, 5) is 5.08. The lowest BCUT2D eigenvalue weighted by atomic mass is 10.00. The first-order valence-electron chi connectivity index (χ1n) is 11.0. The number of sulfonamides is 1. The summed E-state index contributed by atoms with van der Waals surface area (Å²) in [5.41, 5.74) is 2.25. The molecule has 7 nitrogen and oxygen atoms in total. The first kappa shape index (κ1) is 23.3. The molecule has 10 heteroatoms. The molecule has 1 unspecified atom stereocenters. The van der Waals surface area contributed by atoms with Gasteiger partial charge in [-0.1, -0.05) is 48.0 Å². The molecule has 4 aromatic rings. The lowest BCUT2D eigenvalue weighted by Gasteiger charge is -2.32. The molecule has 1 N–H and O–H groups in total. The van der Waals surface area contributed by atoms with Gasteiger partial charge in [-0.3, -0.25) is 0 Å². The molecule has 0 bridgehead atoms. The van der Waals surface area contributed by atoms with E-state index < -0.39 is 10.0 Å². The highest BCUT2D eigenvalue weighted by Crippen LogP contribution is 2.31. The number of benzene rings is 2. The Morgan fingerprint density at radius 1 is 1.12 bits per heavy atom. The summed E-state index contributed by atoms with van der Waals surface area (Å²) < 4.78 is 30.3. The summed E-state index contributed by atoms with van der Waals surface area (Å²) in [6.45, 7) is 1.62. The van der Waals surface area contributed by atoms with Crippen LogP contribution in [0.25, 0.3) is 16.9 Å². The molecule has 5 rings (SSSR count). The van der Waals surface area contributed by atoms with E-state index in [1.807, 2.05) is 36.4 Å². The van der Waals surface area contributed by atoms with Gasteiger partial charge in [0.25, 0.3) is 0 Å². The first-order chi connectivity index (χ1) is 16.4. The summed E-state index contributed by atoms with van der Waals surface area (Å²) in [6.07, 6.45) is 3.48.